The molecule has 0 aliphatic heterocycles. The minimum absolute atomic E-state index is 0.168. The second-order valence-corrected chi connectivity index (χ2v) is 6.21. The van der Waals surface area contributed by atoms with Crippen LogP contribution >= 0.6 is 39.1 Å². The molecule has 1 atom stereocenters. The molecule has 2 aromatic rings. The fraction of sp³-hybridized carbons (Fsp3) is 0.200. The molecule has 0 radical (unpaired) electrons. The number of nitrogens with one attached hydrogen (secondary N) is 1. The molecule has 5 heteroatoms. The van der Waals surface area contributed by atoms with E-state index in [1.807, 2.05) is 12.1 Å². The summed E-state index contributed by atoms with van der Waals surface area (Å²) in [5.41, 5.74) is 1.49. The maximum Gasteiger partial charge on any atom is 0.129 e. The molecule has 0 amide bonds. The van der Waals surface area contributed by atoms with Crippen molar-refractivity contribution in [3.63, 3.8) is 0 Å². The lowest BCUT2D eigenvalue weighted by atomic mass is 9.98. The topological polar surface area (TPSA) is 12.0 Å². The number of likely N-dealkylation sites (N-methyl/N-ethyl adjacent to an activating group) is 1. The van der Waals surface area contributed by atoms with E-state index in [0.29, 0.717) is 22.0 Å². The molecule has 1 N–H and O–H groups in total. The number of hydrogen-bond donors (Lipinski definition) is 1. The van der Waals surface area contributed by atoms with Crippen LogP contribution in [0.15, 0.2) is 40.9 Å². The van der Waals surface area contributed by atoms with E-state index < -0.39 is 0 Å². The van der Waals surface area contributed by atoms with E-state index in [-0.39, 0.29) is 11.9 Å². The Morgan fingerprint density at radius 3 is 2.60 bits per heavy atom. The van der Waals surface area contributed by atoms with Crippen LogP contribution in [0.5, 0.6) is 0 Å². The van der Waals surface area contributed by atoms with Crippen molar-refractivity contribution >= 4 is 39.1 Å². The molecule has 1 unspecified atom stereocenters. The molecule has 0 saturated heterocycles. The molecule has 2 rings (SSSR count). The Kier molecular flexibility index (Phi) is 5.44. The fourth-order valence-electron chi connectivity index (χ4n) is 2.07. The molecule has 0 fully saturated rings. The molecule has 0 saturated carbocycles. The average molecular weight is 377 g/mol. The van der Waals surface area contributed by atoms with Gasteiger partial charge in [0.15, 0.2) is 0 Å². The van der Waals surface area contributed by atoms with Crippen molar-refractivity contribution in [1.29, 1.82) is 0 Å². The van der Waals surface area contributed by atoms with E-state index in [1.165, 1.54) is 6.07 Å². The second-order valence-electron chi connectivity index (χ2n) is 4.45. The maximum absolute atomic E-state index is 14.0. The van der Waals surface area contributed by atoms with E-state index >= 15 is 0 Å². The van der Waals surface area contributed by atoms with Crippen molar-refractivity contribution in [3.8, 4) is 0 Å². The summed E-state index contributed by atoms with van der Waals surface area (Å²) in [6.45, 7) is 0. The van der Waals surface area contributed by atoms with Crippen LogP contribution in [0, 0.1) is 5.82 Å². The van der Waals surface area contributed by atoms with Gasteiger partial charge < -0.3 is 5.32 Å². The second kappa shape index (κ2) is 6.90. The van der Waals surface area contributed by atoms with Gasteiger partial charge in [0.1, 0.15) is 5.82 Å². The van der Waals surface area contributed by atoms with Crippen LogP contribution in [-0.2, 0) is 6.42 Å². The Morgan fingerprint density at radius 2 is 1.95 bits per heavy atom. The molecular formula is C15H13BrCl2FN. The van der Waals surface area contributed by atoms with Crippen LogP contribution < -0.4 is 5.32 Å². The van der Waals surface area contributed by atoms with Gasteiger partial charge in [-0.2, -0.15) is 0 Å². The first-order valence-electron chi connectivity index (χ1n) is 6.07. The summed E-state index contributed by atoms with van der Waals surface area (Å²) in [7, 11) is 1.80. The van der Waals surface area contributed by atoms with Crippen LogP contribution in [0.2, 0.25) is 10.0 Å². The zero-order valence-corrected chi connectivity index (χ0v) is 13.9. The minimum Gasteiger partial charge on any atom is -0.313 e. The number of hydrogen-bond acceptors (Lipinski definition) is 1. The molecule has 0 aliphatic rings. The van der Waals surface area contributed by atoms with Gasteiger partial charge in [-0.05, 0) is 49.4 Å². The normalized spacial score (nSPS) is 12.4. The first-order chi connectivity index (χ1) is 9.51. The van der Waals surface area contributed by atoms with Gasteiger partial charge in [-0.25, -0.2) is 4.39 Å². The number of rotatable bonds is 4. The maximum atomic E-state index is 14.0. The first-order valence-corrected chi connectivity index (χ1v) is 7.62. The molecule has 2 aromatic carbocycles. The van der Waals surface area contributed by atoms with E-state index in [4.69, 9.17) is 23.2 Å². The van der Waals surface area contributed by atoms with Gasteiger partial charge in [-0.3, -0.25) is 0 Å². The van der Waals surface area contributed by atoms with Gasteiger partial charge in [0.25, 0.3) is 0 Å². The fourth-order valence-corrected chi connectivity index (χ4v) is 2.79. The van der Waals surface area contributed by atoms with Crippen LogP contribution in [0.1, 0.15) is 17.2 Å². The van der Waals surface area contributed by atoms with Crippen LogP contribution in [0.25, 0.3) is 0 Å². The van der Waals surface area contributed by atoms with Crippen molar-refractivity contribution in [1.82, 2.24) is 5.32 Å². The highest BCUT2D eigenvalue weighted by molar-refractivity contribution is 9.10. The summed E-state index contributed by atoms with van der Waals surface area (Å²) in [4.78, 5) is 0. The van der Waals surface area contributed by atoms with E-state index in [9.17, 15) is 4.39 Å². The Morgan fingerprint density at radius 1 is 1.20 bits per heavy atom. The third-order valence-electron chi connectivity index (χ3n) is 3.12. The largest absolute Gasteiger partial charge is 0.313 e. The first kappa shape index (κ1) is 15.8. The lowest BCUT2D eigenvalue weighted by molar-refractivity contribution is 0.533. The van der Waals surface area contributed by atoms with Gasteiger partial charge >= 0.3 is 0 Å². The summed E-state index contributed by atoms with van der Waals surface area (Å²) in [6, 6.07) is 10.2. The number of halogens is 4. The molecule has 0 aliphatic carbocycles. The van der Waals surface area contributed by atoms with Crippen molar-refractivity contribution < 1.29 is 4.39 Å². The Balaban J connectivity index is 2.31. The monoisotopic (exact) mass is 375 g/mol. The lowest BCUT2D eigenvalue weighted by Gasteiger charge is -2.18. The molecule has 0 bridgehead atoms. The third kappa shape index (κ3) is 3.73. The smallest absolute Gasteiger partial charge is 0.129 e. The summed E-state index contributed by atoms with van der Waals surface area (Å²) < 4.78 is 14.8. The predicted octanol–water partition coefficient (Wildman–Crippen LogP) is 5.40. The SMILES string of the molecule is CNC(Cc1cc(Cl)ccc1Cl)c1ccc(Br)cc1F. The van der Waals surface area contributed by atoms with Crippen LogP contribution in [0.3, 0.4) is 0 Å². The summed E-state index contributed by atoms with van der Waals surface area (Å²) >= 11 is 15.4. The predicted molar refractivity (Wildman–Crippen MR) is 86.1 cm³/mol. The summed E-state index contributed by atoms with van der Waals surface area (Å²) in [5.74, 6) is -0.253. The summed E-state index contributed by atoms with van der Waals surface area (Å²) in [5, 5.41) is 4.37. The van der Waals surface area contributed by atoms with Crippen molar-refractivity contribution in [2.45, 2.75) is 12.5 Å². The van der Waals surface area contributed by atoms with E-state index in [1.54, 1.807) is 25.2 Å². The number of benzene rings is 2. The average Bonchev–Trinajstić information content (AvgIpc) is 2.40. The lowest BCUT2D eigenvalue weighted by Crippen LogP contribution is -2.20. The highest BCUT2D eigenvalue weighted by Crippen LogP contribution is 2.28. The Labute approximate surface area is 136 Å². The standard InChI is InChI=1S/C15H13BrCl2FN/c1-20-15(12-4-2-10(16)8-14(12)19)7-9-6-11(17)3-5-13(9)18/h2-6,8,15,20H,7H2,1H3. The van der Waals surface area contributed by atoms with Gasteiger partial charge in [-0.15, -0.1) is 0 Å². The van der Waals surface area contributed by atoms with Gasteiger partial charge in [0.05, 0.1) is 0 Å². The Bertz CT molecular complexity index is 619. The van der Waals surface area contributed by atoms with Crippen molar-refractivity contribution in [2.75, 3.05) is 7.05 Å². The molecule has 20 heavy (non-hydrogen) atoms. The molecule has 0 aromatic heterocycles. The quantitative estimate of drug-likeness (QED) is 0.753. The molecule has 1 nitrogen and oxygen atoms in total. The van der Waals surface area contributed by atoms with Gasteiger partial charge in [-0.1, -0.05) is 45.2 Å². The summed E-state index contributed by atoms with van der Waals surface area (Å²) in [6.07, 6.45) is 0.564. The van der Waals surface area contributed by atoms with E-state index in [0.717, 1.165) is 10.0 Å². The van der Waals surface area contributed by atoms with E-state index in [2.05, 4.69) is 21.2 Å². The molecular weight excluding hydrogens is 364 g/mol. The molecule has 0 spiro atoms. The van der Waals surface area contributed by atoms with Gasteiger partial charge in [0, 0.05) is 26.1 Å². The van der Waals surface area contributed by atoms with Crippen molar-refractivity contribution in [2.24, 2.45) is 0 Å². The highest BCUT2D eigenvalue weighted by Gasteiger charge is 2.16. The third-order valence-corrected chi connectivity index (χ3v) is 4.22. The zero-order chi connectivity index (χ0) is 14.7. The van der Waals surface area contributed by atoms with Gasteiger partial charge in [0.2, 0.25) is 0 Å². The van der Waals surface area contributed by atoms with Crippen LogP contribution in [-0.4, -0.2) is 7.05 Å². The zero-order valence-electron chi connectivity index (χ0n) is 10.8. The molecule has 0 heterocycles. The van der Waals surface area contributed by atoms with Crippen LogP contribution in [0.4, 0.5) is 4.39 Å². The highest BCUT2D eigenvalue weighted by atomic mass is 79.9. The minimum atomic E-state index is -0.253. The van der Waals surface area contributed by atoms with Crippen molar-refractivity contribution in [3.05, 3.63) is 67.9 Å². The molecule has 106 valence electrons. The Hall–Kier alpha value is -0.610.